The van der Waals surface area contributed by atoms with Crippen LogP contribution in [-0.4, -0.2) is 32.5 Å². The van der Waals surface area contributed by atoms with Gasteiger partial charge in [-0.25, -0.2) is 13.1 Å². The predicted molar refractivity (Wildman–Crippen MR) is 103 cm³/mol. The molecule has 1 amide bonds. The molecule has 0 aliphatic heterocycles. The number of aliphatic hydroxyl groups excluding tert-OH is 1. The molecule has 11 heteroatoms. The van der Waals surface area contributed by atoms with Gasteiger partial charge < -0.3 is 10.4 Å². The number of hydrogen-bond acceptors (Lipinski definition) is 4. The van der Waals surface area contributed by atoms with Gasteiger partial charge in [-0.15, -0.1) is 0 Å². The van der Waals surface area contributed by atoms with Crippen molar-refractivity contribution in [1.29, 1.82) is 0 Å². The minimum atomic E-state index is -4.63. The highest BCUT2D eigenvalue weighted by atomic mass is 79.9. The third-order valence-corrected chi connectivity index (χ3v) is 5.82. The fraction of sp³-hybridized carbons (Fsp3) is 0.278. The largest absolute Gasteiger partial charge is 0.416 e. The van der Waals surface area contributed by atoms with Crippen molar-refractivity contribution in [2.75, 3.05) is 13.1 Å². The summed E-state index contributed by atoms with van der Waals surface area (Å²) in [5, 5.41) is 12.3. The van der Waals surface area contributed by atoms with Crippen LogP contribution in [0, 0.1) is 0 Å². The Kier molecular flexibility index (Phi) is 7.80. The van der Waals surface area contributed by atoms with E-state index in [0.29, 0.717) is 4.47 Å². The van der Waals surface area contributed by atoms with Gasteiger partial charge >= 0.3 is 6.18 Å². The summed E-state index contributed by atoms with van der Waals surface area (Å²) in [6, 6.07) is 10.5. The summed E-state index contributed by atoms with van der Waals surface area (Å²) in [4.78, 5) is 11.9. The first-order chi connectivity index (χ1) is 13.5. The summed E-state index contributed by atoms with van der Waals surface area (Å²) in [5.74, 6) is -0.620. The lowest BCUT2D eigenvalue weighted by Gasteiger charge is -2.18. The highest BCUT2D eigenvalue weighted by Gasteiger charge is 2.34. The average molecular weight is 495 g/mol. The predicted octanol–water partition coefficient (Wildman–Crippen LogP) is 2.99. The molecule has 0 radical (unpaired) electrons. The third kappa shape index (κ3) is 6.81. The minimum absolute atomic E-state index is 0.0199. The lowest BCUT2D eigenvalue weighted by Crippen LogP contribution is -2.33. The normalized spacial score (nSPS) is 13.1. The SMILES string of the molecule is O=C(CCNS(=O)(=O)c1cccc(Br)c1)NCC(O)c1ccccc1C(F)(F)F. The van der Waals surface area contributed by atoms with Gasteiger partial charge in [0, 0.05) is 24.0 Å². The topological polar surface area (TPSA) is 95.5 Å². The summed E-state index contributed by atoms with van der Waals surface area (Å²) in [7, 11) is -3.81. The molecule has 6 nitrogen and oxygen atoms in total. The summed E-state index contributed by atoms with van der Waals surface area (Å²) in [6.45, 7) is -0.653. The number of rotatable bonds is 8. The van der Waals surface area contributed by atoms with Gasteiger partial charge in [0.2, 0.25) is 15.9 Å². The van der Waals surface area contributed by atoms with Crippen LogP contribution in [0.3, 0.4) is 0 Å². The Morgan fingerprint density at radius 1 is 1.14 bits per heavy atom. The molecule has 0 aromatic heterocycles. The van der Waals surface area contributed by atoms with E-state index in [2.05, 4.69) is 26.0 Å². The molecule has 0 saturated carbocycles. The van der Waals surface area contributed by atoms with Crippen molar-refractivity contribution in [3.63, 3.8) is 0 Å². The number of benzene rings is 2. The maximum Gasteiger partial charge on any atom is 0.416 e. The highest BCUT2D eigenvalue weighted by Crippen LogP contribution is 2.34. The first-order valence-electron chi connectivity index (χ1n) is 8.37. The Hall–Kier alpha value is -1.95. The van der Waals surface area contributed by atoms with E-state index in [-0.39, 0.29) is 23.4 Å². The standard InChI is InChI=1S/C18H18BrF3N2O4S/c19-12-4-3-5-13(10-12)29(27,28)24-9-8-17(26)23-11-16(25)14-6-1-2-7-15(14)18(20,21)22/h1-7,10,16,24-25H,8-9,11H2,(H,23,26). The van der Waals surface area contributed by atoms with Gasteiger partial charge in [0.25, 0.3) is 0 Å². The molecule has 0 fully saturated rings. The summed E-state index contributed by atoms with van der Waals surface area (Å²) in [6.07, 6.45) is -6.44. The van der Waals surface area contributed by atoms with E-state index < -0.39 is 40.3 Å². The molecule has 0 saturated heterocycles. The number of aliphatic hydroxyl groups is 1. The van der Waals surface area contributed by atoms with Crippen LogP contribution in [0.2, 0.25) is 0 Å². The molecule has 0 heterocycles. The number of nitrogens with one attached hydrogen (secondary N) is 2. The quantitative estimate of drug-likeness (QED) is 0.525. The molecule has 1 atom stereocenters. The average Bonchev–Trinajstić information content (AvgIpc) is 2.65. The minimum Gasteiger partial charge on any atom is -0.387 e. The smallest absolute Gasteiger partial charge is 0.387 e. The summed E-state index contributed by atoms with van der Waals surface area (Å²) < 4.78 is 66.1. The Morgan fingerprint density at radius 2 is 1.83 bits per heavy atom. The van der Waals surface area contributed by atoms with Gasteiger partial charge in [-0.05, 0) is 29.8 Å². The Balaban J connectivity index is 1.86. The molecule has 2 aromatic carbocycles. The van der Waals surface area contributed by atoms with Crippen LogP contribution in [0.25, 0.3) is 0 Å². The van der Waals surface area contributed by atoms with Crippen LogP contribution in [-0.2, 0) is 21.0 Å². The van der Waals surface area contributed by atoms with Crippen molar-refractivity contribution in [1.82, 2.24) is 10.0 Å². The van der Waals surface area contributed by atoms with Gasteiger partial charge in [0.05, 0.1) is 16.6 Å². The summed E-state index contributed by atoms with van der Waals surface area (Å²) in [5.41, 5.74) is -1.33. The molecule has 0 bridgehead atoms. The van der Waals surface area contributed by atoms with E-state index in [4.69, 9.17) is 0 Å². The lowest BCUT2D eigenvalue weighted by atomic mass is 10.0. The zero-order valence-corrected chi connectivity index (χ0v) is 17.3. The Morgan fingerprint density at radius 3 is 2.48 bits per heavy atom. The van der Waals surface area contributed by atoms with Crippen LogP contribution in [0.4, 0.5) is 13.2 Å². The molecule has 0 aliphatic carbocycles. The van der Waals surface area contributed by atoms with Crippen LogP contribution < -0.4 is 10.0 Å². The van der Waals surface area contributed by atoms with Gasteiger partial charge in [0.1, 0.15) is 0 Å². The molecule has 2 rings (SSSR count). The number of sulfonamides is 1. The number of halogens is 4. The molecular weight excluding hydrogens is 477 g/mol. The molecule has 0 spiro atoms. The van der Waals surface area contributed by atoms with Gasteiger partial charge in [-0.3, -0.25) is 4.79 Å². The third-order valence-electron chi connectivity index (χ3n) is 3.87. The van der Waals surface area contributed by atoms with Crippen LogP contribution in [0.15, 0.2) is 57.9 Å². The first-order valence-corrected chi connectivity index (χ1v) is 10.6. The molecule has 3 N–H and O–H groups in total. The molecule has 158 valence electrons. The maximum atomic E-state index is 13.0. The van der Waals surface area contributed by atoms with Crippen molar-refractivity contribution >= 4 is 31.9 Å². The van der Waals surface area contributed by atoms with Crippen molar-refractivity contribution in [2.24, 2.45) is 0 Å². The van der Waals surface area contributed by atoms with E-state index in [1.165, 1.54) is 24.3 Å². The van der Waals surface area contributed by atoms with E-state index in [1.807, 2.05) is 0 Å². The number of hydrogen-bond donors (Lipinski definition) is 3. The molecule has 29 heavy (non-hydrogen) atoms. The second-order valence-electron chi connectivity index (χ2n) is 6.01. The van der Waals surface area contributed by atoms with E-state index >= 15 is 0 Å². The zero-order chi connectivity index (χ0) is 21.7. The number of carbonyl (C=O) groups is 1. The first kappa shape index (κ1) is 23.3. The van der Waals surface area contributed by atoms with Crippen molar-refractivity contribution in [3.05, 3.63) is 64.1 Å². The van der Waals surface area contributed by atoms with Crippen molar-refractivity contribution in [3.8, 4) is 0 Å². The van der Waals surface area contributed by atoms with E-state index in [9.17, 15) is 31.5 Å². The Labute approximate surface area is 174 Å². The summed E-state index contributed by atoms with van der Waals surface area (Å²) >= 11 is 3.17. The van der Waals surface area contributed by atoms with E-state index in [0.717, 1.165) is 12.1 Å². The molecule has 2 aromatic rings. The highest BCUT2D eigenvalue weighted by molar-refractivity contribution is 9.10. The monoisotopic (exact) mass is 494 g/mol. The van der Waals surface area contributed by atoms with E-state index in [1.54, 1.807) is 12.1 Å². The fourth-order valence-electron chi connectivity index (χ4n) is 2.47. The van der Waals surface area contributed by atoms with Gasteiger partial charge in [-0.2, -0.15) is 13.2 Å². The van der Waals surface area contributed by atoms with Crippen molar-refractivity contribution < 1.29 is 31.5 Å². The van der Waals surface area contributed by atoms with Crippen LogP contribution in [0.1, 0.15) is 23.7 Å². The van der Waals surface area contributed by atoms with Crippen molar-refractivity contribution in [2.45, 2.75) is 23.6 Å². The zero-order valence-electron chi connectivity index (χ0n) is 14.9. The van der Waals surface area contributed by atoms with Gasteiger partial charge in [0.15, 0.2) is 0 Å². The number of carbonyl (C=O) groups excluding carboxylic acids is 1. The van der Waals surface area contributed by atoms with Crippen LogP contribution in [0.5, 0.6) is 0 Å². The second-order valence-corrected chi connectivity index (χ2v) is 8.69. The Bertz CT molecular complexity index is 968. The van der Waals surface area contributed by atoms with Gasteiger partial charge in [-0.1, -0.05) is 40.2 Å². The maximum absolute atomic E-state index is 13.0. The number of alkyl halides is 3. The second kappa shape index (κ2) is 9.70. The molecule has 1 unspecified atom stereocenters. The number of amides is 1. The van der Waals surface area contributed by atoms with Crippen LogP contribution >= 0.6 is 15.9 Å². The lowest BCUT2D eigenvalue weighted by molar-refractivity contribution is -0.139. The fourth-order valence-corrected chi connectivity index (χ4v) is 4.10. The molecule has 0 aliphatic rings. The molecular formula is C18H18BrF3N2O4S.